The van der Waals surface area contributed by atoms with E-state index in [-0.39, 0.29) is 0 Å². The molecule has 0 aromatic heterocycles. The van der Waals surface area contributed by atoms with Crippen molar-refractivity contribution in [3.8, 4) is 35.1 Å². The van der Waals surface area contributed by atoms with Crippen molar-refractivity contribution in [2.24, 2.45) is 9.98 Å². The maximum atomic E-state index is 5.10. The van der Waals surface area contributed by atoms with Crippen LogP contribution >= 0.6 is 0 Å². The van der Waals surface area contributed by atoms with Crippen LogP contribution in [0.3, 0.4) is 0 Å². The molecule has 1 aliphatic rings. The number of terminal acetylenes is 1. The van der Waals surface area contributed by atoms with E-state index in [2.05, 4.69) is 209 Å². The highest BCUT2D eigenvalue weighted by atomic mass is 14.9. The molecular formula is C55H48N2. The Morgan fingerprint density at radius 2 is 1.07 bits per heavy atom. The van der Waals surface area contributed by atoms with E-state index in [9.17, 15) is 0 Å². The summed E-state index contributed by atoms with van der Waals surface area (Å²) < 4.78 is 0. The third-order valence-electron chi connectivity index (χ3n) is 9.87. The van der Waals surface area contributed by atoms with Gasteiger partial charge in [-0.2, -0.15) is 0 Å². The minimum absolute atomic E-state index is 0.595. The molecule has 278 valence electrons. The monoisotopic (exact) mass is 736 g/mol. The number of nitrogens with zero attached hydrogens (tertiary/aromatic N) is 2. The molecule has 0 amide bonds. The van der Waals surface area contributed by atoms with E-state index in [1.54, 1.807) is 0 Å². The predicted octanol–water partition coefficient (Wildman–Crippen LogP) is 14.0. The van der Waals surface area contributed by atoms with Gasteiger partial charge in [0.25, 0.3) is 0 Å². The van der Waals surface area contributed by atoms with Crippen LogP contribution in [-0.2, 0) is 0 Å². The standard InChI is InChI=1S/C53H46N2.C2H2/c1-39(43-21-10-5-11-22-43)33-52(50-31-17-28-47(36-50)45-25-14-7-15-26-45)34-40(2)46-27-16-29-48(35-46)49-30-18-32-51(37-49)53(54-38-42-19-8-4-9-20-42)55-41(3)44-23-12-6-13-24-44;1-2/h5-8,10-37H,2,4,9,38H2,1,3H3;1-2H/b39-33+,52-34+,54-53?,55-41?;. The van der Waals surface area contributed by atoms with Gasteiger partial charge in [-0.15, -0.1) is 12.8 Å². The first-order chi connectivity index (χ1) is 28.0. The van der Waals surface area contributed by atoms with Crippen molar-refractivity contribution in [3.63, 3.8) is 0 Å². The Morgan fingerprint density at radius 3 is 1.70 bits per heavy atom. The molecule has 0 saturated carbocycles. The van der Waals surface area contributed by atoms with Crippen molar-refractivity contribution in [3.05, 3.63) is 234 Å². The molecule has 0 heterocycles. The molecule has 0 atom stereocenters. The Labute approximate surface area is 339 Å². The van der Waals surface area contributed by atoms with Crippen molar-refractivity contribution in [2.45, 2.75) is 26.7 Å². The summed E-state index contributed by atoms with van der Waals surface area (Å²) in [5.74, 6) is 0.731. The Balaban J connectivity index is 0.00000270. The Hall–Kier alpha value is -7.08. The molecule has 57 heavy (non-hydrogen) atoms. The Kier molecular flexibility index (Phi) is 13.9. The first kappa shape index (κ1) is 39.6. The third kappa shape index (κ3) is 10.8. The average Bonchev–Trinajstić information content (AvgIpc) is 3.29. The van der Waals surface area contributed by atoms with E-state index in [0.29, 0.717) is 6.54 Å². The number of benzene rings is 6. The minimum Gasteiger partial charge on any atom is -0.261 e. The summed E-state index contributed by atoms with van der Waals surface area (Å²) in [4.78, 5) is 10.2. The van der Waals surface area contributed by atoms with Gasteiger partial charge in [-0.25, -0.2) is 4.99 Å². The van der Waals surface area contributed by atoms with Crippen LogP contribution in [0.4, 0.5) is 0 Å². The summed E-state index contributed by atoms with van der Waals surface area (Å²) in [5, 5.41) is 0. The quantitative estimate of drug-likeness (QED) is 0.0548. The van der Waals surface area contributed by atoms with Crippen molar-refractivity contribution < 1.29 is 0 Å². The molecular weight excluding hydrogens is 689 g/mol. The fourth-order valence-corrected chi connectivity index (χ4v) is 6.79. The highest BCUT2D eigenvalue weighted by Crippen LogP contribution is 2.31. The molecule has 0 N–H and O–H groups in total. The van der Waals surface area contributed by atoms with Crippen LogP contribution < -0.4 is 0 Å². The number of rotatable bonds is 11. The normalized spacial score (nSPS) is 13.3. The van der Waals surface area contributed by atoms with Crippen LogP contribution in [0.2, 0.25) is 0 Å². The fraction of sp³-hybridized carbons (Fsp3) is 0.0909. The van der Waals surface area contributed by atoms with E-state index >= 15 is 0 Å². The lowest BCUT2D eigenvalue weighted by atomic mass is 9.93. The Bertz CT molecular complexity index is 2510. The van der Waals surface area contributed by atoms with Gasteiger partial charge in [-0.1, -0.05) is 176 Å². The summed E-state index contributed by atoms with van der Waals surface area (Å²) in [7, 11) is 0. The van der Waals surface area contributed by atoms with E-state index in [0.717, 1.165) is 68.9 Å². The second-order valence-corrected chi connectivity index (χ2v) is 13.9. The number of aliphatic imine (C=N–C) groups is 2. The first-order valence-electron chi connectivity index (χ1n) is 19.4. The number of hydrogen-bond donors (Lipinski definition) is 0. The van der Waals surface area contributed by atoms with Crippen LogP contribution in [0.25, 0.3) is 39.0 Å². The SMILES string of the molecule is C#C.C=C(/C=C(\C=C(/C)c1ccccc1)c1cccc(-c2ccccc2)c1)c1cccc(-c2cccc(C(N=C(C)c3ccccc3)=NCC3=CCCC=C3)c2)c1. The van der Waals surface area contributed by atoms with Crippen molar-refractivity contribution in [1.29, 1.82) is 0 Å². The van der Waals surface area contributed by atoms with Gasteiger partial charge in [0, 0.05) is 11.3 Å². The highest BCUT2D eigenvalue weighted by Gasteiger charge is 2.11. The smallest absolute Gasteiger partial charge is 0.155 e. The molecule has 1 aliphatic carbocycles. The van der Waals surface area contributed by atoms with Crippen LogP contribution in [0.1, 0.15) is 54.5 Å². The molecule has 0 fully saturated rings. The van der Waals surface area contributed by atoms with Crippen LogP contribution in [0.15, 0.2) is 216 Å². The lowest BCUT2D eigenvalue weighted by Gasteiger charge is -2.12. The largest absolute Gasteiger partial charge is 0.261 e. The third-order valence-corrected chi connectivity index (χ3v) is 9.87. The van der Waals surface area contributed by atoms with Gasteiger partial charge < -0.3 is 0 Å². The number of amidine groups is 1. The second-order valence-electron chi connectivity index (χ2n) is 13.9. The van der Waals surface area contributed by atoms with Gasteiger partial charge in [-0.05, 0) is 118 Å². The predicted molar refractivity (Wildman–Crippen MR) is 247 cm³/mol. The van der Waals surface area contributed by atoms with Crippen molar-refractivity contribution >= 4 is 28.3 Å². The van der Waals surface area contributed by atoms with Gasteiger partial charge in [0.1, 0.15) is 0 Å². The molecule has 7 rings (SSSR count). The zero-order chi connectivity index (χ0) is 39.8. The fourth-order valence-electron chi connectivity index (χ4n) is 6.79. The van der Waals surface area contributed by atoms with Gasteiger partial charge in [-0.3, -0.25) is 4.99 Å². The van der Waals surface area contributed by atoms with Crippen LogP contribution in [-0.4, -0.2) is 18.1 Å². The second kappa shape index (κ2) is 20.0. The van der Waals surface area contributed by atoms with E-state index in [4.69, 9.17) is 9.98 Å². The molecule has 0 bridgehead atoms. The van der Waals surface area contributed by atoms with Crippen molar-refractivity contribution in [2.75, 3.05) is 6.54 Å². The minimum atomic E-state index is 0.595. The van der Waals surface area contributed by atoms with E-state index in [1.165, 1.54) is 27.8 Å². The van der Waals surface area contributed by atoms with Crippen LogP contribution in [0.5, 0.6) is 0 Å². The van der Waals surface area contributed by atoms with Crippen LogP contribution in [0, 0.1) is 12.8 Å². The first-order valence-corrected chi connectivity index (χ1v) is 19.4. The maximum Gasteiger partial charge on any atom is 0.155 e. The van der Waals surface area contributed by atoms with Gasteiger partial charge >= 0.3 is 0 Å². The summed E-state index contributed by atoms with van der Waals surface area (Å²) in [6.45, 7) is 9.43. The van der Waals surface area contributed by atoms with Gasteiger partial charge in [0.2, 0.25) is 0 Å². The number of allylic oxidation sites excluding steroid dienone is 7. The summed E-state index contributed by atoms with van der Waals surface area (Å²) in [6, 6.07) is 57.4. The molecule has 6 aromatic rings. The van der Waals surface area contributed by atoms with Gasteiger partial charge in [0.05, 0.1) is 6.54 Å². The molecule has 6 aromatic carbocycles. The van der Waals surface area contributed by atoms with Gasteiger partial charge in [0.15, 0.2) is 5.84 Å². The Morgan fingerprint density at radius 1 is 0.561 bits per heavy atom. The van der Waals surface area contributed by atoms with E-state index in [1.807, 2.05) is 18.2 Å². The molecule has 0 spiro atoms. The molecule has 2 nitrogen and oxygen atoms in total. The zero-order valence-electron chi connectivity index (χ0n) is 32.9. The molecule has 2 heteroatoms. The molecule has 0 unspecified atom stereocenters. The zero-order valence-corrected chi connectivity index (χ0v) is 32.9. The van der Waals surface area contributed by atoms with E-state index < -0.39 is 0 Å². The maximum absolute atomic E-state index is 5.10. The highest BCUT2D eigenvalue weighted by molar-refractivity contribution is 6.12. The molecule has 0 saturated heterocycles. The lowest BCUT2D eigenvalue weighted by Crippen LogP contribution is -2.05. The lowest BCUT2D eigenvalue weighted by molar-refractivity contribution is 0.994. The number of hydrogen-bond acceptors (Lipinski definition) is 1. The molecule has 0 aliphatic heterocycles. The van der Waals surface area contributed by atoms with Crippen molar-refractivity contribution in [1.82, 2.24) is 0 Å². The summed E-state index contributed by atoms with van der Waals surface area (Å²) in [5.41, 5.74) is 15.4. The topological polar surface area (TPSA) is 24.7 Å². The average molecular weight is 737 g/mol. The summed E-state index contributed by atoms with van der Waals surface area (Å²) >= 11 is 0. The summed E-state index contributed by atoms with van der Waals surface area (Å²) in [6.07, 6.45) is 21.3. The molecule has 0 radical (unpaired) electrons.